The van der Waals surface area contributed by atoms with Crippen LogP contribution in [-0.2, 0) is 20.7 Å². The highest BCUT2D eigenvalue weighted by atomic mass is 16.6. The Morgan fingerprint density at radius 2 is 1.96 bits per heavy atom. The fraction of sp³-hybridized carbons (Fsp3) is 0.600. The van der Waals surface area contributed by atoms with Gasteiger partial charge in [0.05, 0.1) is 12.6 Å². The Kier molecular flexibility index (Phi) is 6.59. The number of ether oxygens (including phenoxy) is 2. The molecule has 5 heteroatoms. The van der Waals surface area contributed by atoms with Crippen molar-refractivity contribution in [3.63, 3.8) is 0 Å². The van der Waals surface area contributed by atoms with Crippen molar-refractivity contribution in [2.24, 2.45) is 0 Å². The average Bonchev–Trinajstić information content (AvgIpc) is 2.54. The fourth-order valence-electron chi connectivity index (χ4n) is 2.88. The molecule has 1 saturated heterocycles. The molecule has 0 unspecified atom stereocenters. The first-order valence-electron chi connectivity index (χ1n) is 9.03. The second-order valence-corrected chi connectivity index (χ2v) is 7.50. The number of rotatable bonds is 5. The van der Waals surface area contributed by atoms with Crippen LogP contribution in [0.1, 0.15) is 52.5 Å². The quantitative estimate of drug-likeness (QED) is 0.809. The minimum atomic E-state index is -0.646. The van der Waals surface area contributed by atoms with Gasteiger partial charge in [-0.15, -0.1) is 0 Å². The molecular formula is C20H29NO4. The molecule has 0 aromatic heterocycles. The number of amides is 2. The zero-order valence-corrected chi connectivity index (χ0v) is 15.7. The van der Waals surface area contributed by atoms with Crippen LogP contribution in [-0.4, -0.2) is 41.3 Å². The number of benzene rings is 1. The minimum absolute atomic E-state index is 0.255. The average molecular weight is 347 g/mol. The number of imide groups is 1. The Labute approximate surface area is 150 Å². The largest absolute Gasteiger partial charge is 0.443 e. The SMILES string of the molecule is CCCC[C@H]1CO[C@@H](Cc2ccccc2)C(=O)N1C(=O)OC(C)(C)C. The van der Waals surface area contributed by atoms with Crippen molar-refractivity contribution in [1.82, 2.24) is 4.90 Å². The molecule has 0 bridgehead atoms. The summed E-state index contributed by atoms with van der Waals surface area (Å²) in [4.78, 5) is 26.8. The molecule has 25 heavy (non-hydrogen) atoms. The third-order valence-electron chi connectivity index (χ3n) is 4.11. The van der Waals surface area contributed by atoms with E-state index >= 15 is 0 Å². The summed E-state index contributed by atoms with van der Waals surface area (Å²) in [5.41, 5.74) is 0.372. The first-order valence-corrected chi connectivity index (χ1v) is 9.03. The number of unbranched alkanes of at least 4 members (excludes halogenated alkanes) is 1. The molecule has 0 aliphatic carbocycles. The van der Waals surface area contributed by atoms with Gasteiger partial charge in [-0.3, -0.25) is 4.79 Å². The van der Waals surface area contributed by atoms with Gasteiger partial charge in [-0.1, -0.05) is 50.1 Å². The van der Waals surface area contributed by atoms with Gasteiger partial charge in [-0.25, -0.2) is 9.69 Å². The van der Waals surface area contributed by atoms with Crippen molar-refractivity contribution in [3.05, 3.63) is 35.9 Å². The molecule has 0 radical (unpaired) electrons. The van der Waals surface area contributed by atoms with E-state index in [1.54, 1.807) is 20.8 Å². The summed E-state index contributed by atoms with van der Waals surface area (Å²) in [5.74, 6) is -0.301. The van der Waals surface area contributed by atoms with Crippen LogP contribution in [0.25, 0.3) is 0 Å². The van der Waals surface area contributed by atoms with Crippen molar-refractivity contribution in [3.8, 4) is 0 Å². The standard InChI is InChI=1S/C20H29NO4/c1-5-6-12-16-14-24-17(13-15-10-8-7-9-11-15)18(22)21(16)19(23)25-20(2,3)4/h7-11,16-17H,5-6,12-14H2,1-4H3/t16-,17-/m0/s1. The second kappa shape index (κ2) is 8.48. The predicted octanol–water partition coefficient (Wildman–Crippen LogP) is 3.95. The van der Waals surface area contributed by atoms with Gasteiger partial charge in [-0.05, 0) is 32.8 Å². The van der Waals surface area contributed by atoms with E-state index < -0.39 is 17.8 Å². The van der Waals surface area contributed by atoms with Gasteiger partial charge in [0, 0.05) is 6.42 Å². The van der Waals surface area contributed by atoms with E-state index in [0.29, 0.717) is 13.0 Å². The number of morpholine rings is 1. The number of hydrogen-bond donors (Lipinski definition) is 0. The number of nitrogens with zero attached hydrogens (tertiary/aromatic N) is 1. The molecule has 1 aliphatic rings. The van der Waals surface area contributed by atoms with Crippen LogP contribution in [0.4, 0.5) is 4.79 Å². The molecule has 1 aromatic rings. The van der Waals surface area contributed by atoms with Crippen molar-refractivity contribution in [2.45, 2.75) is 71.1 Å². The van der Waals surface area contributed by atoms with E-state index in [9.17, 15) is 9.59 Å². The summed E-state index contributed by atoms with van der Waals surface area (Å²) in [6.07, 6.45) is 1.91. The Morgan fingerprint density at radius 3 is 2.56 bits per heavy atom. The lowest BCUT2D eigenvalue weighted by Crippen LogP contribution is -2.57. The maximum atomic E-state index is 12.9. The highest BCUT2D eigenvalue weighted by Crippen LogP contribution is 2.23. The van der Waals surface area contributed by atoms with E-state index in [1.165, 1.54) is 4.90 Å². The summed E-state index contributed by atoms with van der Waals surface area (Å²) in [6.45, 7) is 7.86. The molecule has 2 atom stereocenters. The second-order valence-electron chi connectivity index (χ2n) is 7.50. The van der Waals surface area contributed by atoms with Crippen LogP contribution < -0.4 is 0 Å². The summed E-state index contributed by atoms with van der Waals surface area (Å²) in [6, 6.07) is 9.45. The van der Waals surface area contributed by atoms with E-state index in [1.807, 2.05) is 30.3 Å². The zero-order valence-electron chi connectivity index (χ0n) is 15.7. The minimum Gasteiger partial charge on any atom is -0.443 e. The van der Waals surface area contributed by atoms with Crippen molar-refractivity contribution >= 4 is 12.0 Å². The number of carbonyl (C=O) groups is 2. The van der Waals surface area contributed by atoms with Crippen LogP contribution in [0.3, 0.4) is 0 Å². The zero-order chi connectivity index (χ0) is 18.4. The lowest BCUT2D eigenvalue weighted by atomic mass is 10.0. The first-order chi connectivity index (χ1) is 11.8. The molecule has 0 spiro atoms. The maximum Gasteiger partial charge on any atom is 0.417 e. The third kappa shape index (κ3) is 5.56. The molecular weight excluding hydrogens is 318 g/mol. The highest BCUT2D eigenvalue weighted by Gasteiger charge is 2.41. The molecule has 1 fully saturated rings. The van der Waals surface area contributed by atoms with E-state index in [2.05, 4.69) is 6.92 Å². The van der Waals surface area contributed by atoms with Crippen LogP contribution in [0, 0.1) is 0 Å². The van der Waals surface area contributed by atoms with Crippen LogP contribution in [0.15, 0.2) is 30.3 Å². The van der Waals surface area contributed by atoms with Crippen molar-refractivity contribution < 1.29 is 19.1 Å². The molecule has 0 N–H and O–H groups in total. The predicted molar refractivity (Wildman–Crippen MR) is 96.3 cm³/mol. The third-order valence-corrected chi connectivity index (χ3v) is 4.11. The lowest BCUT2D eigenvalue weighted by Gasteiger charge is -2.38. The van der Waals surface area contributed by atoms with Crippen molar-refractivity contribution in [2.75, 3.05) is 6.61 Å². The topological polar surface area (TPSA) is 55.8 Å². The maximum absolute atomic E-state index is 12.9. The molecule has 5 nitrogen and oxygen atoms in total. The Morgan fingerprint density at radius 1 is 1.28 bits per heavy atom. The summed E-state index contributed by atoms with van der Waals surface area (Å²) < 4.78 is 11.3. The van der Waals surface area contributed by atoms with Gasteiger partial charge < -0.3 is 9.47 Å². The van der Waals surface area contributed by atoms with E-state index in [4.69, 9.17) is 9.47 Å². The molecule has 2 amide bonds. The van der Waals surface area contributed by atoms with Gasteiger partial charge in [0.15, 0.2) is 0 Å². The summed E-state index contributed by atoms with van der Waals surface area (Å²) in [7, 11) is 0. The van der Waals surface area contributed by atoms with E-state index in [0.717, 1.165) is 24.8 Å². The Bertz CT molecular complexity index is 579. The van der Waals surface area contributed by atoms with Gasteiger partial charge in [-0.2, -0.15) is 0 Å². The van der Waals surface area contributed by atoms with Gasteiger partial charge >= 0.3 is 6.09 Å². The summed E-state index contributed by atoms with van der Waals surface area (Å²) in [5, 5.41) is 0. The van der Waals surface area contributed by atoms with Crippen LogP contribution in [0.2, 0.25) is 0 Å². The summed E-state index contributed by atoms with van der Waals surface area (Å²) >= 11 is 0. The lowest BCUT2D eigenvalue weighted by molar-refractivity contribution is -0.157. The highest BCUT2D eigenvalue weighted by molar-refractivity contribution is 5.95. The van der Waals surface area contributed by atoms with Crippen LogP contribution in [0.5, 0.6) is 0 Å². The molecule has 2 rings (SSSR count). The monoisotopic (exact) mass is 347 g/mol. The Balaban J connectivity index is 2.15. The van der Waals surface area contributed by atoms with Gasteiger partial charge in [0.2, 0.25) is 0 Å². The van der Waals surface area contributed by atoms with Gasteiger partial charge in [0.1, 0.15) is 11.7 Å². The van der Waals surface area contributed by atoms with E-state index in [-0.39, 0.29) is 11.9 Å². The van der Waals surface area contributed by atoms with Crippen LogP contribution >= 0.6 is 0 Å². The fourth-order valence-corrected chi connectivity index (χ4v) is 2.88. The molecule has 0 saturated carbocycles. The molecule has 138 valence electrons. The van der Waals surface area contributed by atoms with Crippen molar-refractivity contribution in [1.29, 1.82) is 0 Å². The first kappa shape index (κ1) is 19.4. The smallest absolute Gasteiger partial charge is 0.417 e. The molecule has 1 heterocycles. The van der Waals surface area contributed by atoms with Gasteiger partial charge in [0.25, 0.3) is 5.91 Å². The molecule has 1 aliphatic heterocycles. The normalized spacial score (nSPS) is 21.3. The molecule has 1 aromatic carbocycles. The Hall–Kier alpha value is -1.88. The number of hydrogen-bond acceptors (Lipinski definition) is 4. The number of carbonyl (C=O) groups excluding carboxylic acids is 2.